The SMILES string of the molecule is CC(CNC(=O)OC(C)(C)C)NCc1cnn(C(C)(C)C)c1. The molecular formula is C16H30N4O2. The highest BCUT2D eigenvalue weighted by atomic mass is 16.6. The van der Waals surface area contributed by atoms with Gasteiger partial charge in [0.2, 0.25) is 0 Å². The molecule has 126 valence electrons. The van der Waals surface area contributed by atoms with Gasteiger partial charge in [0.15, 0.2) is 0 Å². The molecule has 1 atom stereocenters. The molecule has 0 bridgehead atoms. The molecule has 0 saturated carbocycles. The first-order valence-electron chi connectivity index (χ1n) is 7.71. The van der Waals surface area contributed by atoms with Crippen molar-refractivity contribution in [3.8, 4) is 0 Å². The lowest BCUT2D eigenvalue weighted by molar-refractivity contribution is 0.0523. The number of carbonyl (C=O) groups is 1. The van der Waals surface area contributed by atoms with Gasteiger partial charge in [-0.15, -0.1) is 0 Å². The van der Waals surface area contributed by atoms with Crippen LogP contribution in [-0.4, -0.2) is 34.1 Å². The Bertz CT molecular complexity index is 483. The van der Waals surface area contributed by atoms with E-state index in [2.05, 4.69) is 36.5 Å². The smallest absolute Gasteiger partial charge is 0.407 e. The van der Waals surface area contributed by atoms with Crippen LogP contribution in [0, 0.1) is 0 Å². The number of nitrogens with one attached hydrogen (secondary N) is 2. The zero-order valence-electron chi connectivity index (χ0n) is 14.9. The fourth-order valence-corrected chi connectivity index (χ4v) is 1.73. The zero-order valence-corrected chi connectivity index (χ0v) is 14.9. The van der Waals surface area contributed by atoms with Gasteiger partial charge in [0.1, 0.15) is 5.60 Å². The number of hydrogen-bond donors (Lipinski definition) is 2. The van der Waals surface area contributed by atoms with Crippen LogP contribution < -0.4 is 10.6 Å². The molecule has 0 radical (unpaired) electrons. The third kappa shape index (κ3) is 6.93. The van der Waals surface area contributed by atoms with Crippen molar-refractivity contribution in [1.29, 1.82) is 0 Å². The van der Waals surface area contributed by atoms with E-state index in [1.54, 1.807) is 0 Å². The van der Waals surface area contributed by atoms with Crippen LogP contribution in [0.2, 0.25) is 0 Å². The van der Waals surface area contributed by atoms with Gasteiger partial charge in [-0.2, -0.15) is 5.10 Å². The Balaban J connectivity index is 2.33. The average Bonchev–Trinajstić information content (AvgIpc) is 2.80. The number of nitrogens with zero attached hydrogens (tertiary/aromatic N) is 2. The highest BCUT2D eigenvalue weighted by Gasteiger charge is 2.17. The summed E-state index contributed by atoms with van der Waals surface area (Å²) in [5.41, 5.74) is 0.642. The van der Waals surface area contributed by atoms with Crippen LogP contribution >= 0.6 is 0 Å². The number of ether oxygens (including phenoxy) is 1. The molecule has 1 amide bonds. The second kappa shape index (κ2) is 7.13. The minimum Gasteiger partial charge on any atom is -0.444 e. The van der Waals surface area contributed by atoms with E-state index in [0.717, 1.165) is 5.56 Å². The standard InChI is InChI=1S/C16H30N4O2/c1-12(8-18-14(21)22-16(5,6)7)17-9-13-10-19-20(11-13)15(2,3)4/h10-12,17H,8-9H2,1-7H3,(H,18,21). The molecule has 0 spiro atoms. The Kier molecular flexibility index (Phi) is 6.00. The van der Waals surface area contributed by atoms with Gasteiger partial charge in [-0.05, 0) is 48.5 Å². The molecule has 22 heavy (non-hydrogen) atoms. The van der Waals surface area contributed by atoms with Crippen molar-refractivity contribution in [2.75, 3.05) is 6.54 Å². The molecule has 0 fully saturated rings. The van der Waals surface area contributed by atoms with Crippen LogP contribution in [0.1, 0.15) is 54.0 Å². The van der Waals surface area contributed by atoms with Crippen LogP contribution in [0.25, 0.3) is 0 Å². The van der Waals surface area contributed by atoms with E-state index in [4.69, 9.17) is 4.74 Å². The Morgan fingerprint density at radius 2 is 1.95 bits per heavy atom. The van der Waals surface area contributed by atoms with Crippen molar-refractivity contribution in [1.82, 2.24) is 20.4 Å². The van der Waals surface area contributed by atoms with E-state index in [1.807, 2.05) is 44.8 Å². The van der Waals surface area contributed by atoms with Gasteiger partial charge < -0.3 is 15.4 Å². The molecule has 1 unspecified atom stereocenters. The van der Waals surface area contributed by atoms with Gasteiger partial charge in [-0.1, -0.05) is 0 Å². The molecule has 0 aliphatic rings. The number of aromatic nitrogens is 2. The monoisotopic (exact) mass is 310 g/mol. The first-order valence-corrected chi connectivity index (χ1v) is 7.71. The van der Waals surface area contributed by atoms with Gasteiger partial charge in [0, 0.05) is 30.9 Å². The summed E-state index contributed by atoms with van der Waals surface area (Å²) in [4.78, 5) is 11.6. The normalized spacial score (nSPS) is 13.8. The molecule has 1 aromatic rings. The van der Waals surface area contributed by atoms with Crippen molar-refractivity contribution < 1.29 is 9.53 Å². The lowest BCUT2D eigenvalue weighted by atomic mass is 10.1. The van der Waals surface area contributed by atoms with Crippen molar-refractivity contribution >= 4 is 6.09 Å². The van der Waals surface area contributed by atoms with Gasteiger partial charge in [0.25, 0.3) is 0 Å². The average molecular weight is 310 g/mol. The van der Waals surface area contributed by atoms with Gasteiger partial charge in [-0.3, -0.25) is 4.68 Å². The summed E-state index contributed by atoms with van der Waals surface area (Å²) >= 11 is 0. The Morgan fingerprint density at radius 1 is 1.32 bits per heavy atom. The van der Waals surface area contributed by atoms with Crippen molar-refractivity contribution in [2.24, 2.45) is 0 Å². The van der Waals surface area contributed by atoms with Crippen LogP contribution in [0.15, 0.2) is 12.4 Å². The molecule has 2 N–H and O–H groups in total. The molecular weight excluding hydrogens is 280 g/mol. The second-order valence-electron chi connectivity index (χ2n) is 7.63. The van der Waals surface area contributed by atoms with E-state index in [-0.39, 0.29) is 17.7 Å². The molecule has 1 aromatic heterocycles. The molecule has 1 rings (SSSR count). The van der Waals surface area contributed by atoms with E-state index in [0.29, 0.717) is 13.1 Å². The number of alkyl carbamates (subject to hydrolysis) is 1. The summed E-state index contributed by atoms with van der Waals surface area (Å²) < 4.78 is 7.15. The minimum atomic E-state index is -0.470. The maximum Gasteiger partial charge on any atom is 0.407 e. The van der Waals surface area contributed by atoms with Gasteiger partial charge in [-0.25, -0.2) is 4.79 Å². The van der Waals surface area contributed by atoms with Crippen LogP contribution in [0.4, 0.5) is 4.79 Å². The number of rotatable bonds is 5. The summed E-state index contributed by atoms with van der Waals surface area (Å²) in [5, 5.41) is 10.5. The van der Waals surface area contributed by atoms with Crippen molar-refractivity contribution in [2.45, 2.75) is 72.2 Å². The van der Waals surface area contributed by atoms with Gasteiger partial charge in [0.05, 0.1) is 11.7 Å². The fourth-order valence-electron chi connectivity index (χ4n) is 1.73. The predicted molar refractivity (Wildman–Crippen MR) is 87.8 cm³/mol. The molecule has 6 nitrogen and oxygen atoms in total. The Morgan fingerprint density at radius 3 is 2.45 bits per heavy atom. The number of amides is 1. The third-order valence-electron chi connectivity index (χ3n) is 2.93. The Labute approximate surface area is 133 Å². The highest BCUT2D eigenvalue weighted by molar-refractivity contribution is 5.67. The largest absolute Gasteiger partial charge is 0.444 e. The topological polar surface area (TPSA) is 68.2 Å². The number of hydrogen-bond acceptors (Lipinski definition) is 4. The maximum atomic E-state index is 11.6. The molecule has 6 heteroatoms. The summed E-state index contributed by atoms with van der Waals surface area (Å²) in [5.74, 6) is 0. The van der Waals surface area contributed by atoms with Crippen molar-refractivity contribution in [3.63, 3.8) is 0 Å². The van der Waals surface area contributed by atoms with Crippen molar-refractivity contribution in [3.05, 3.63) is 18.0 Å². The second-order valence-corrected chi connectivity index (χ2v) is 7.63. The summed E-state index contributed by atoms with van der Waals surface area (Å²) in [7, 11) is 0. The lowest BCUT2D eigenvalue weighted by Gasteiger charge is -2.21. The predicted octanol–water partition coefficient (Wildman–Crippen LogP) is 2.64. The Hall–Kier alpha value is -1.56. The van der Waals surface area contributed by atoms with E-state index >= 15 is 0 Å². The third-order valence-corrected chi connectivity index (χ3v) is 2.93. The quantitative estimate of drug-likeness (QED) is 0.877. The molecule has 0 aromatic carbocycles. The highest BCUT2D eigenvalue weighted by Crippen LogP contribution is 2.13. The molecule has 1 heterocycles. The minimum absolute atomic E-state index is 0.0118. The summed E-state index contributed by atoms with van der Waals surface area (Å²) in [6, 6.07) is 0.144. The first-order chi connectivity index (χ1) is 9.97. The summed E-state index contributed by atoms with van der Waals surface area (Å²) in [6.45, 7) is 15.1. The van der Waals surface area contributed by atoms with Crippen LogP contribution in [0.3, 0.4) is 0 Å². The van der Waals surface area contributed by atoms with Crippen LogP contribution in [0.5, 0.6) is 0 Å². The van der Waals surface area contributed by atoms with Gasteiger partial charge >= 0.3 is 6.09 Å². The fraction of sp³-hybridized carbons (Fsp3) is 0.750. The molecule has 0 saturated heterocycles. The lowest BCUT2D eigenvalue weighted by Crippen LogP contribution is -2.40. The van der Waals surface area contributed by atoms with E-state index in [1.165, 1.54) is 0 Å². The van der Waals surface area contributed by atoms with E-state index < -0.39 is 5.60 Å². The van der Waals surface area contributed by atoms with Crippen LogP contribution in [-0.2, 0) is 16.8 Å². The maximum absolute atomic E-state index is 11.6. The van der Waals surface area contributed by atoms with E-state index in [9.17, 15) is 4.79 Å². The first kappa shape index (κ1) is 18.5. The number of carbonyl (C=O) groups excluding carboxylic acids is 1. The molecule has 0 aliphatic heterocycles. The zero-order chi connectivity index (χ0) is 17.0. The molecule has 0 aliphatic carbocycles. The summed E-state index contributed by atoms with van der Waals surface area (Å²) in [6.07, 6.45) is 3.52.